The maximum atomic E-state index is 12.4. The van der Waals surface area contributed by atoms with Gasteiger partial charge in [0, 0.05) is 31.9 Å². The molecule has 3 rings (SSSR count). The fourth-order valence-electron chi connectivity index (χ4n) is 3.16. The van der Waals surface area contributed by atoms with Crippen LogP contribution in [-0.2, 0) is 9.59 Å². The average molecular weight is 397 g/mol. The Balaban J connectivity index is 1.34. The molecule has 1 aliphatic rings. The number of anilines is 1. The third-order valence-electron chi connectivity index (χ3n) is 4.85. The molecule has 0 saturated carbocycles. The number of nitrogens with one attached hydrogen (secondary N) is 1. The van der Waals surface area contributed by atoms with Gasteiger partial charge in [-0.1, -0.05) is 18.2 Å². The number of hydrogen-bond acceptors (Lipinski definition) is 5. The number of methoxy groups -OCH3 is 1. The molecule has 2 aromatic carbocycles. The number of carbonyl (C=O) groups excluding carboxylic acids is 2. The van der Waals surface area contributed by atoms with E-state index in [4.69, 9.17) is 9.47 Å². The van der Waals surface area contributed by atoms with Gasteiger partial charge >= 0.3 is 0 Å². The maximum absolute atomic E-state index is 12.4. The molecule has 0 radical (unpaired) electrons. The van der Waals surface area contributed by atoms with Crippen LogP contribution in [0.1, 0.15) is 6.42 Å². The molecule has 154 valence electrons. The first-order valence-corrected chi connectivity index (χ1v) is 9.77. The highest BCUT2D eigenvalue weighted by Gasteiger charge is 2.21. The average Bonchev–Trinajstić information content (AvgIpc) is 2.78. The minimum Gasteiger partial charge on any atom is -0.497 e. The lowest BCUT2D eigenvalue weighted by molar-refractivity contribution is -0.133. The highest BCUT2D eigenvalue weighted by molar-refractivity contribution is 5.85. The zero-order chi connectivity index (χ0) is 20.5. The quantitative estimate of drug-likeness (QED) is 0.737. The summed E-state index contributed by atoms with van der Waals surface area (Å²) < 4.78 is 10.7. The molecule has 2 amide bonds. The molecule has 0 aromatic heterocycles. The van der Waals surface area contributed by atoms with Gasteiger partial charge in [-0.05, 0) is 36.4 Å². The Morgan fingerprint density at radius 2 is 1.62 bits per heavy atom. The fourth-order valence-corrected chi connectivity index (χ4v) is 3.16. The predicted octanol–water partition coefficient (Wildman–Crippen LogP) is 1.93. The van der Waals surface area contributed by atoms with Gasteiger partial charge in [0.25, 0.3) is 0 Å². The minimum atomic E-state index is -0.189. The summed E-state index contributed by atoms with van der Waals surface area (Å²) in [7, 11) is 1.65. The molecule has 29 heavy (non-hydrogen) atoms. The van der Waals surface area contributed by atoms with Gasteiger partial charge in [-0.15, -0.1) is 0 Å². The van der Waals surface area contributed by atoms with Crippen LogP contribution >= 0.6 is 0 Å². The standard InChI is InChI=1S/C22H27N3O4/c1-28-19-9-7-18(8-10-19)24-12-14-25(15-13-24)22(27)17-23-21(26)11-16-29-20-5-3-2-4-6-20/h2-10H,11-17H2,1H3,(H,23,26). The van der Waals surface area contributed by atoms with Crippen LogP contribution in [0.2, 0.25) is 0 Å². The maximum Gasteiger partial charge on any atom is 0.242 e. The molecular formula is C22H27N3O4. The molecule has 0 bridgehead atoms. The summed E-state index contributed by atoms with van der Waals surface area (Å²) in [6.45, 7) is 3.10. The summed E-state index contributed by atoms with van der Waals surface area (Å²) in [5, 5.41) is 2.68. The smallest absolute Gasteiger partial charge is 0.242 e. The SMILES string of the molecule is COc1ccc(N2CCN(C(=O)CNC(=O)CCOc3ccccc3)CC2)cc1. The molecule has 1 aliphatic heterocycles. The molecule has 1 heterocycles. The van der Waals surface area contributed by atoms with Crippen LogP contribution in [-0.4, -0.2) is 63.2 Å². The number of amides is 2. The molecular weight excluding hydrogens is 370 g/mol. The molecule has 0 spiro atoms. The van der Waals surface area contributed by atoms with Crippen molar-refractivity contribution in [1.82, 2.24) is 10.2 Å². The van der Waals surface area contributed by atoms with Crippen molar-refractivity contribution in [1.29, 1.82) is 0 Å². The van der Waals surface area contributed by atoms with E-state index in [0.717, 1.165) is 30.3 Å². The number of rotatable bonds is 8. The Hall–Kier alpha value is -3.22. The highest BCUT2D eigenvalue weighted by Crippen LogP contribution is 2.20. The number of hydrogen-bond donors (Lipinski definition) is 1. The number of ether oxygens (including phenoxy) is 2. The number of carbonyl (C=O) groups is 2. The van der Waals surface area contributed by atoms with Gasteiger partial charge in [-0.2, -0.15) is 0 Å². The topological polar surface area (TPSA) is 71.1 Å². The Kier molecular flexibility index (Phi) is 7.33. The molecule has 1 saturated heterocycles. The van der Waals surface area contributed by atoms with Crippen molar-refractivity contribution >= 4 is 17.5 Å². The van der Waals surface area contributed by atoms with E-state index < -0.39 is 0 Å². The molecule has 7 nitrogen and oxygen atoms in total. The molecule has 0 atom stereocenters. The summed E-state index contributed by atoms with van der Waals surface area (Å²) in [5.41, 5.74) is 1.12. The van der Waals surface area contributed by atoms with E-state index in [-0.39, 0.29) is 31.4 Å². The largest absolute Gasteiger partial charge is 0.497 e. The zero-order valence-electron chi connectivity index (χ0n) is 16.7. The van der Waals surface area contributed by atoms with Crippen molar-refractivity contribution in [2.24, 2.45) is 0 Å². The number of benzene rings is 2. The summed E-state index contributed by atoms with van der Waals surface area (Å²) in [5.74, 6) is 1.31. The van der Waals surface area contributed by atoms with Gasteiger partial charge in [-0.25, -0.2) is 0 Å². The fraction of sp³-hybridized carbons (Fsp3) is 0.364. The predicted molar refractivity (Wildman–Crippen MR) is 111 cm³/mol. The Labute approximate surface area is 171 Å². The van der Waals surface area contributed by atoms with Crippen LogP contribution < -0.4 is 19.7 Å². The monoisotopic (exact) mass is 397 g/mol. The molecule has 0 aliphatic carbocycles. The lowest BCUT2D eigenvalue weighted by Gasteiger charge is -2.36. The summed E-state index contributed by atoms with van der Waals surface area (Å²) in [6, 6.07) is 17.3. The van der Waals surface area contributed by atoms with E-state index >= 15 is 0 Å². The first kappa shape index (κ1) is 20.5. The van der Waals surface area contributed by atoms with Gasteiger partial charge in [0.2, 0.25) is 11.8 Å². The van der Waals surface area contributed by atoms with Crippen molar-refractivity contribution < 1.29 is 19.1 Å². The van der Waals surface area contributed by atoms with E-state index in [9.17, 15) is 9.59 Å². The normalized spacial score (nSPS) is 13.7. The molecule has 0 unspecified atom stereocenters. The molecule has 7 heteroatoms. The van der Waals surface area contributed by atoms with Gasteiger partial charge in [0.15, 0.2) is 0 Å². The van der Waals surface area contributed by atoms with Gasteiger partial charge in [-0.3, -0.25) is 9.59 Å². The molecule has 1 N–H and O–H groups in total. The van der Waals surface area contributed by atoms with Crippen LogP contribution in [0.15, 0.2) is 54.6 Å². The summed E-state index contributed by atoms with van der Waals surface area (Å²) in [6.07, 6.45) is 0.216. The van der Waals surface area contributed by atoms with E-state index in [1.54, 1.807) is 12.0 Å². The Bertz CT molecular complexity index is 787. The van der Waals surface area contributed by atoms with Crippen LogP contribution in [0.25, 0.3) is 0 Å². The van der Waals surface area contributed by atoms with Crippen LogP contribution in [0, 0.1) is 0 Å². The summed E-state index contributed by atoms with van der Waals surface area (Å²) >= 11 is 0. The van der Waals surface area contributed by atoms with Crippen molar-refractivity contribution in [3.05, 3.63) is 54.6 Å². The lowest BCUT2D eigenvalue weighted by atomic mass is 10.2. The molecule has 1 fully saturated rings. The highest BCUT2D eigenvalue weighted by atomic mass is 16.5. The second-order valence-electron chi connectivity index (χ2n) is 6.75. The third-order valence-corrected chi connectivity index (χ3v) is 4.85. The number of piperazine rings is 1. The van der Waals surface area contributed by atoms with E-state index in [2.05, 4.69) is 10.2 Å². The molecule has 2 aromatic rings. The third kappa shape index (κ3) is 6.14. The Morgan fingerprint density at radius 3 is 2.28 bits per heavy atom. The summed E-state index contributed by atoms with van der Waals surface area (Å²) in [4.78, 5) is 28.3. The second kappa shape index (κ2) is 10.4. The Morgan fingerprint density at radius 1 is 0.931 bits per heavy atom. The first-order valence-electron chi connectivity index (χ1n) is 9.77. The van der Waals surface area contributed by atoms with E-state index in [1.165, 1.54) is 0 Å². The van der Waals surface area contributed by atoms with Crippen LogP contribution in [0.3, 0.4) is 0 Å². The van der Waals surface area contributed by atoms with E-state index in [0.29, 0.717) is 13.1 Å². The van der Waals surface area contributed by atoms with Gasteiger partial charge in [0.1, 0.15) is 11.5 Å². The number of para-hydroxylation sites is 1. The van der Waals surface area contributed by atoms with Gasteiger partial charge < -0.3 is 24.6 Å². The van der Waals surface area contributed by atoms with Crippen molar-refractivity contribution in [2.45, 2.75) is 6.42 Å². The number of nitrogens with zero attached hydrogens (tertiary/aromatic N) is 2. The minimum absolute atomic E-state index is 0.0205. The van der Waals surface area contributed by atoms with E-state index in [1.807, 2.05) is 54.6 Å². The van der Waals surface area contributed by atoms with Gasteiger partial charge in [0.05, 0.1) is 26.7 Å². The van der Waals surface area contributed by atoms with Crippen LogP contribution in [0.5, 0.6) is 11.5 Å². The van der Waals surface area contributed by atoms with Crippen molar-refractivity contribution in [3.63, 3.8) is 0 Å². The zero-order valence-corrected chi connectivity index (χ0v) is 16.7. The first-order chi connectivity index (χ1) is 14.2. The second-order valence-corrected chi connectivity index (χ2v) is 6.75. The van der Waals surface area contributed by atoms with Crippen LogP contribution in [0.4, 0.5) is 5.69 Å². The lowest BCUT2D eigenvalue weighted by Crippen LogP contribution is -2.51. The van der Waals surface area contributed by atoms with Crippen molar-refractivity contribution in [3.8, 4) is 11.5 Å². The van der Waals surface area contributed by atoms with Crippen molar-refractivity contribution in [2.75, 3.05) is 51.3 Å².